The van der Waals surface area contributed by atoms with Gasteiger partial charge in [0.15, 0.2) is 23.1 Å². The Balaban J connectivity index is 1.35. The van der Waals surface area contributed by atoms with Crippen LogP contribution in [0.5, 0.6) is 11.5 Å². The van der Waals surface area contributed by atoms with Gasteiger partial charge in [0, 0.05) is 17.7 Å². The monoisotopic (exact) mass is 423 g/mol. The first-order valence-electron chi connectivity index (χ1n) is 10.1. The summed E-state index contributed by atoms with van der Waals surface area (Å²) in [5.74, 6) is 2.05. The van der Waals surface area contributed by atoms with Crippen LogP contribution in [0.1, 0.15) is 21.5 Å². The molecule has 0 saturated heterocycles. The van der Waals surface area contributed by atoms with Crippen molar-refractivity contribution in [2.75, 3.05) is 12.1 Å². The van der Waals surface area contributed by atoms with E-state index in [-0.39, 0.29) is 12.6 Å². The highest BCUT2D eigenvalue weighted by Gasteiger charge is 2.16. The van der Waals surface area contributed by atoms with Crippen LogP contribution >= 0.6 is 0 Å². The molecule has 8 heteroatoms. The van der Waals surface area contributed by atoms with Gasteiger partial charge in [-0.1, -0.05) is 36.4 Å². The molecule has 0 saturated carbocycles. The maximum atomic E-state index is 12.9. The standard InChI is InChI=1S/C24H17N5O3/c30-22(16-4-2-1-3-5-16)17-7-8-18-19(11-17)29-13-26-28-24(29)23(27-18)25-12-15-6-9-20-21(10-15)32-14-31-20/h1-11,13H,12,14H2,(H,25,27). The lowest BCUT2D eigenvalue weighted by Gasteiger charge is -2.10. The molecular formula is C24H17N5O3. The second kappa shape index (κ2) is 7.35. The van der Waals surface area contributed by atoms with Crippen molar-refractivity contribution in [1.29, 1.82) is 0 Å². The summed E-state index contributed by atoms with van der Waals surface area (Å²) in [6.45, 7) is 0.774. The van der Waals surface area contributed by atoms with E-state index in [4.69, 9.17) is 14.5 Å². The van der Waals surface area contributed by atoms with E-state index < -0.39 is 0 Å². The van der Waals surface area contributed by atoms with E-state index in [0.717, 1.165) is 28.1 Å². The first kappa shape index (κ1) is 18.3. The van der Waals surface area contributed by atoms with Crippen LogP contribution in [0.4, 0.5) is 5.82 Å². The van der Waals surface area contributed by atoms with E-state index in [0.29, 0.717) is 29.1 Å². The quantitative estimate of drug-likeness (QED) is 0.430. The third kappa shape index (κ3) is 3.09. The number of nitrogens with zero attached hydrogens (tertiary/aromatic N) is 4. The predicted octanol–water partition coefficient (Wildman–Crippen LogP) is 3.85. The van der Waals surface area contributed by atoms with Crippen molar-refractivity contribution < 1.29 is 14.3 Å². The minimum Gasteiger partial charge on any atom is -0.454 e. The van der Waals surface area contributed by atoms with E-state index in [9.17, 15) is 4.79 Å². The highest BCUT2D eigenvalue weighted by molar-refractivity contribution is 6.10. The van der Waals surface area contributed by atoms with Crippen LogP contribution in [-0.2, 0) is 6.54 Å². The van der Waals surface area contributed by atoms with Crippen molar-refractivity contribution in [3.63, 3.8) is 0 Å². The van der Waals surface area contributed by atoms with Crippen LogP contribution in [0, 0.1) is 0 Å². The molecule has 1 aliphatic rings. The Kier molecular flexibility index (Phi) is 4.21. The van der Waals surface area contributed by atoms with Crippen molar-refractivity contribution in [2.24, 2.45) is 0 Å². The fourth-order valence-electron chi connectivity index (χ4n) is 3.81. The van der Waals surface area contributed by atoms with Crippen molar-refractivity contribution in [2.45, 2.75) is 6.54 Å². The fraction of sp³-hybridized carbons (Fsp3) is 0.0833. The van der Waals surface area contributed by atoms with Gasteiger partial charge in [-0.2, -0.15) is 0 Å². The molecule has 1 N–H and O–H groups in total. The number of nitrogens with one attached hydrogen (secondary N) is 1. The van der Waals surface area contributed by atoms with Crippen LogP contribution in [0.2, 0.25) is 0 Å². The second-order valence-corrected chi connectivity index (χ2v) is 7.42. The average molecular weight is 423 g/mol. The van der Waals surface area contributed by atoms with Gasteiger partial charge < -0.3 is 14.8 Å². The Morgan fingerprint density at radius 2 is 1.84 bits per heavy atom. The molecule has 6 rings (SSSR count). The molecule has 0 bridgehead atoms. The van der Waals surface area contributed by atoms with E-state index in [2.05, 4.69) is 15.5 Å². The topological polar surface area (TPSA) is 90.6 Å². The zero-order valence-corrected chi connectivity index (χ0v) is 16.9. The van der Waals surface area contributed by atoms with Crippen LogP contribution in [0.3, 0.4) is 0 Å². The van der Waals surface area contributed by atoms with Gasteiger partial charge in [-0.15, -0.1) is 10.2 Å². The van der Waals surface area contributed by atoms with Gasteiger partial charge in [-0.25, -0.2) is 4.98 Å². The molecule has 32 heavy (non-hydrogen) atoms. The summed E-state index contributed by atoms with van der Waals surface area (Å²) < 4.78 is 12.7. The Morgan fingerprint density at radius 3 is 2.75 bits per heavy atom. The van der Waals surface area contributed by atoms with Crippen LogP contribution in [0.25, 0.3) is 16.7 Å². The molecule has 1 aliphatic heterocycles. The molecule has 0 unspecified atom stereocenters. The smallest absolute Gasteiger partial charge is 0.231 e. The third-order valence-electron chi connectivity index (χ3n) is 5.42. The highest BCUT2D eigenvalue weighted by Crippen LogP contribution is 2.32. The number of anilines is 1. The largest absolute Gasteiger partial charge is 0.454 e. The minimum absolute atomic E-state index is 0.0428. The zero-order chi connectivity index (χ0) is 21.5. The number of rotatable bonds is 5. The summed E-state index contributed by atoms with van der Waals surface area (Å²) in [6, 6.07) is 20.5. The van der Waals surface area contributed by atoms with Gasteiger partial charge in [0.25, 0.3) is 0 Å². The summed E-state index contributed by atoms with van der Waals surface area (Å²) in [5, 5.41) is 11.6. The maximum absolute atomic E-state index is 12.9. The molecule has 0 spiro atoms. The molecule has 156 valence electrons. The van der Waals surface area contributed by atoms with Gasteiger partial charge in [0.2, 0.25) is 12.4 Å². The normalized spacial score (nSPS) is 12.4. The second-order valence-electron chi connectivity index (χ2n) is 7.42. The van der Waals surface area contributed by atoms with E-state index >= 15 is 0 Å². The van der Waals surface area contributed by atoms with Gasteiger partial charge in [-0.05, 0) is 35.9 Å². The maximum Gasteiger partial charge on any atom is 0.231 e. The number of hydrogen-bond donors (Lipinski definition) is 1. The summed E-state index contributed by atoms with van der Waals surface area (Å²) >= 11 is 0. The molecule has 0 atom stereocenters. The molecule has 5 aromatic rings. The summed E-state index contributed by atoms with van der Waals surface area (Å²) in [5.41, 5.74) is 4.33. The molecule has 0 amide bonds. The molecule has 0 aliphatic carbocycles. The highest BCUT2D eigenvalue weighted by atomic mass is 16.7. The van der Waals surface area contributed by atoms with Crippen molar-refractivity contribution in [3.05, 3.63) is 89.7 Å². The predicted molar refractivity (Wildman–Crippen MR) is 118 cm³/mol. The fourth-order valence-corrected chi connectivity index (χ4v) is 3.81. The first-order chi connectivity index (χ1) is 15.8. The Labute approximate surface area is 182 Å². The Bertz CT molecular complexity index is 1480. The first-order valence-corrected chi connectivity index (χ1v) is 10.1. The number of benzene rings is 3. The lowest BCUT2D eigenvalue weighted by molar-refractivity contribution is 0.103. The van der Waals surface area contributed by atoms with Gasteiger partial charge >= 0.3 is 0 Å². The Morgan fingerprint density at radius 1 is 0.969 bits per heavy atom. The van der Waals surface area contributed by atoms with Crippen molar-refractivity contribution in [3.8, 4) is 11.5 Å². The van der Waals surface area contributed by atoms with Gasteiger partial charge in [-0.3, -0.25) is 9.20 Å². The molecule has 0 radical (unpaired) electrons. The van der Waals surface area contributed by atoms with Crippen LogP contribution < -0.4 is 14.8 Å². The van der Waals surface area contributed by atoms with Crippen molar-refractivity contribution in [1.82, 2.24) is 19.6 Å². The minimum atomic E-state index is -0.0428. The van der Waals surface area contributed by atoms with E-state index in [1.807, 2.05) is 65.1 Å². The molecule has 3 heterocycles. The summed E-state index contributed by atoms with van der Waals surface area (Å²) in [7, 11) is 0. The summed E-state index contributed by atoms with van der Waals surface area (Å²) in [6.07, 6.45) is 1.63. The van der Waals surface area contributed by atoms with Gasteiger partial charge in [0.1, 0.15) is 6.33 Å². The number of hydrogen-bond acceptors (Lipinski definition) is 7. The molecule has 0 fully saturated rings. The van der Waals surface area contributed by atoms with Gasteiger partial charge in [0.05, 0.1) is 11.0 Å². The van der Waals surface area contributed by atoms with Crippen LogP contribution in [-0.4, -0.2) is 32.2 Å². The number of aromatic nitrogens is 4. The van der Waals surface area contributed by atoms with Crippen molar-refractivity contribution >= 4 is 28.3 Å². The summed E-state index contributed by atoms with van der Waals surface area (Å²) in [4.78, 5) is 17.6. The lowest BCUT2D eigenvalue weighted by Crippen LogP contribution is -2.06. The lowest BCUT2D eigenvalue weighted by atomic mass is 10.0. The SMILES string of the molecule is O=C(c1ccccc1)c1ccc2nc(NCc3ccc4c(c3)OCO4)c3nncn3c2c1. The van der Waals surface area contributed by atoms with Crippen LogP contribution in [0.15, 0.2) is 73.1 Å². The number of ketones is 1. The number of ether oxygens (including phenoxy) is 2. The van der Waals surface area contributed by atoms with E-state index in [1.54, 1.807) is 12.4 Å². The third-order valence-corrected chi connectivity index (χ3v) is 5.42. The number of fused-ring (bicyclic) bond motifs is 4. The number of carbonyl (C=O) groups excluding carboxylic acids is 1. The Hall–Kier alpha value is -4.46. The van der Waals surface area contributed by atoms with E-state index in [1.165, 1.54) is 0 Å². The molecule has 8 nitrogen and oxygen atoms in total. The molecule has 3 aromatic carbocycles. The average Bonchev–Trinajstić information content (AvgIpc) is 3.52. The molecular weight excluding hydrogens is 406 g/mol. The molecule has 2 aromatic heterocycles. The number of carbonyl (C=O) groups is 1. The zero-order valence-electron chi connectivity index (χ0n) is 16.9.